The number of methoxy groups -OCH3 is 1. The molecule has 8 aliphatic heterocycles. The van der Waals surface area contributed by atoms with Crippen LogP contribution in [0.3, 0.4) is 0 Å². The van der Waals surface area contributed by atoms with Crippen LogP contribution in [0, 0.1) is 17.8 Å². The van der Waals surface area contributed by atoms with E-state index < -0.39 is 11.2 Å². The fourth-order valence-electron chi connectivity index (χ4n) is 7.33. The number of carboxylic acid groups (broad SMARTS) is 1. The number of fused-ring (bicyclic) bond motifs is 8. The SMILES string of the molecule is C.C.C=CC(=O)Cl.COC(=O)[C@@H]1CC2CCC1O2.N[C@@H]1CC2CCC1O2.O=C(Cl)[C@@H]1CC2C=CC1O2.O=C(O)[C@@H]1CC2CCC1O2.[Na+].[OH-].c1ccoc1. The predicted octanol–water partition coefficient (Wildman–Crippen LogP) is 3.04. The Hall–Kier alpha value is -1.62. The number of furan rings is 1. The zero-order valence-electron chi connectivity index (χ0n) is 29.1. The Balaban J connectivity index is 0.000000616. The van der Waals surface area contributed by atoms with Gasteiger partial charge in [0.1, 0.15) is 0 Å². The molecule has 0 saturated carbocycles. The molecule has 9 rings (SSSR count). The molecule has 8 aliphatic rings. The Morgan fingerprint density at radius 3 is 1.47 bits per heavy atom. The maximum absolute atomic E-state index is 11.1. The molecule has 0 spiro atoms. The number of ether oxygens (including phenoxy) is 5. The molecule has 1 aromatic rings. The van der Waals surface area contributed by atoms with E-state index in [0.717, 1.165) is 57.4 Å². The summed E-state index contributed by atoms with van der Waals surface area (Å²) >= 11 is 10.0. The van der Waals surface area contributed by atoms with Gasteiger partial charge in [0.2, 0.25) is 10.5 Å². The first-order valence-electron chi connectivity index (χ1n) is 16.8. The summed E-state index contributed by atoms with van der Waals surface area (Å²) in [7, 11) is 1.44. The molecule has 53 heavy (non-hydrogen) atoms. The van der Waals surface area contributed by atoms with Gasteiger partial charge in [-0.25, -0.2) is 0 Å². The number of hydrogen-bond acceptors (Lipinski definition) is 12. The normalized spacial score (nSPS) is 34.3. The molecule has 13 nitrogen and oxygen atoms in total. The summed E-state index contributed by atoms with van der Waals surface area (Å²) in [5, 5.41) is 7.88. The molecule has 8 unspecified atom stereocenters. The van der Waals surface area contributed by atoms with Gasteiger partial charge in [0.05, 0.1) is 86.2 Å². The van der Waals surface area contributed by atoms with Gasteiger partial charge < -0.3 is 44.4 Å². The van der Waals surface area contributed by atoms with E-state index in [1.54, 1.807) is 12.5 Å². The van der Waals surface area contributed by atoms with Gasteiger partial charge in [-0.05, 0) is 106 Å². The molecule has 7 saturated heterocycles. The summed E-state index contributed by atoms with van der Waals surface area (Å²) in [6.45, 7) is 3.08. The van der Waals surface area contributed by atoms with E-state index >= 15 is 0 Å². The van der Waals surface area contributed by atoms with E-state index in [-0.39, 0.29) is 109 Å². The fraction of sp³-hybridized carbons (Fsp3) is 0.676. The smallest absolute Gasteiger partial charge is 0.870 e. The number of carboxylic acids is 1. The van der Waals surface area contributed by atoms with Crippen LogP contribution >= 0.6 is 23.2 Å². The number of aliphatic carboxylic acids is 1. The summed E-state index contributed by atoms with van der Waals surface area (Å²) in [6, 6.07) is 4.02. The molecule has 296 valence electrons. The number of carbonyl (C=O) groups excluding carboxylic acids is 3. The topological polar surface area (TPSA) is 204 Å². The minimum absolute atomic E-state index is 0. The van der Waals surface area contributed by atoms with Crippen LogP contribution in [0.4, 0.5) is 0 Å². The molecule has 12 atom stereocenters. The van der Waals surface area contributed by atoms with Gasteiger partial charge in [-0.1, -0.05) is 33.6 Å². The minimum atomic E-state index is -0.688. The summed E-state index contributed by atoms with van der Waals surface area (Å²) in [5.41, 5.74) is 5.69. The average molecular weight is 801 g/mol. The Labute approximate surface area is 345 Å². The van der Waals surface area contributed by atoms with Crippen molar-refractivity contribution in [3.05, 3.63) is 49.5 Å². The fourth-order valence-corrected chi connectivity index (χ4v) is 7.55. The van der Waals surface area contributed by atoms with E-state index in [4.69, 9.17) is 53.0 Å². The van der Waals surface area contributed by atoms with Crippen LogP contribution < -0.4 is 35.3 Å². The maximum atomic E-state index is 11.1. The number of esters is 1. The van der Waals surface area contributed by atoms with Crippen LogP contribution in [-0.2, 0) is 42.9 Å². The van der Waals surface area contributed by atoms with Crippen molar-refractivity contribution in [3.8, 4) is 0 Å². The third kappa shape index (κ3) is 15.4. The monoisotopic (exact) mass is 799 g/mol. The van der Waals surface area contributed by atoms with Crippen LogP contribution in [0.2, 0.25) is 0 Å². The quantitative estimate of drug-likeness (QED) is 0.148. The molecule has 0 radical (unpaired) electrons. The Kier molecular flexibility index (Phi) is 24.7. The number of rotatable bonds is 4. The van der Waals surface area contributed by atoms with Crippen LogP contribution in [0.25, 0.3) is 0 Å². The summed E-state index contributed by atoms with van der Waals surface area (Å²) < 4.78 is 30.9. The van der Waals surface area contributed by atoms with Crippen LogP contribution in [0.1, 0.15) is 79.1 Å². The van der Waals surface area contributed by atoms with Gasteiger partial charge >= 0.3 is 41.5 Å². The van der Waals surface area contributed by atoms with Crippen molar-refractivity contribution in [1.82, 2.24) is 0 Å². The van der Waals surface area contributed by atoms with Crippen LogP contribution in [0.5, 0.6) is 0 Å². The molecular formula is C37H56Cl2NNaO12. The third-order valence-corrected chi connectivity index (χ3v) is 10.2. The van der Waals surface area contributed by atoms with Crippen molar-refractivity contribution in [3.63, 3.8) is 0 Å². The molecule has 0 aliphatic carbocycles. The van der Waals surface area contributed by atoms with Crippen LogP contribution in [0.15, 0.2) is 53.9 Å². The molecule has 9 heterocycles. The number of carbonyl (C=O) groups is 4. The van der Waals surface area contributed by atoms with Gasteiger partial charge in [0, 0.05) is 6.04 Å². The van der Waals surface area contributed by atoms with Crippen molar-refractivity contribution < 1.29 is 87.4 Å². The minimum Gasteiger partial charge on any atom is -0.870 e. The zero-order chi connectivity index (χ0) is 35.5. The average Bonchev–Trinajstić information content (AvgIpc) is 3.96. The maximum Gasteiger partial charge on any atom is 1.00 e. The Bertz CT molecular complexity index is 1270. The van der Waals surface area contributed by atoms with E-state index in [0.29, 0.717) is 24.4 Å². The van der Waals surface area contributed by atoms with Gasteiger partial charge in [-0.3, -0.25) is 19.2 Å². The van der Waals surface area contributed by atoms with Crippen molar-refractivity contribution in [2.24, 2.45) is 23.5 Å². The predicted molar refractivity (Wildman–Crippen MR) is 194 cm³/mol. The van der Waals surface area contributed by atoms with Gasteiger partial charge in [-0.2, -0.15) is 0 Å². The molecular weight excluding hydrogens is 744 g/mol. The molecule has 0 amide bonds. The summed E-state index contributed by atoms with van der Waals surface area (Å²) in [4.78, 5) is 41.8. The second-order valence-electron chi connectivity index (χ2n) is 13.0. The Morgan fingerprint density at radius 1 is 0.774 bits per heavy atom. The van der Waals surface area contributed by atoms with E-state index in [2.05, 4.69) is 15.7 Å². The van der Waals surface area contributed by atoms with Crippen molar-refractivity contribution >= 4 is 45.6 Å². The zero-order valence-corrected chi connectivity index (χ0v) is 32.6. The number of hydrogen-bond donors (Lipinski definition) is 2. The molecule has 8 bridgehead atoms. The third-order valence-electron chi connectivity index (χ3n) is 9.79. The summed E-state index contributed by atoms with van der Waals surface area (Å²) in [6.07, 6.45) is 20.1. The van der Waals surface area contributed by atoms with Crippen molar-refractivity contribution in [2.75, 3.05) is 7.11 Å². The first-order chi connectivity index (χ1) is 23.5. The van der Waals surface area contributed by atoms with E-state index in [9.17, 15) is 19.2 Å². The van der Waals surface area contributed by atoms with Crippen molar-refractivity contribution in [2.45, 2.75) is 134 Å². The van der Waals surface area contributed by atoms with Crippen molar-refractivity contribution in [1.29, 1.82) is 0 Å². The molecule has 16 heteroatoms. The van der Waals surface area contributed by atoms with E-state index in [1.807, 2.05) is 24.3 Å². The standard InChI is InChI=1S/C8H12O3.C7H7ClO2.C7H10O3.C6H11NO.C4H4O.C3H3ClO.2CH4.Na.H2O/c1-10-8(9)6-4-5-2-3-7(6)11-5;2*8-7(9)5-3-4-1-2-6(5)10-4;7-5-3-4-1-2-6(5)8-4;1-2-4-5-3-1;1-2-3(4)5;;;;/h5-7H,2-4H2,1H3;1-2,4-6H,3H2;4-6H,1-3H2,(H,8,9);4-6H,1-3,7H2;1-4H;2H,1H2;2*1H4;;1H2/q;;;;;;;;+1;/p-1/t5?,6-,7?;3*4?,5-,6?;;;;;;/m1111....../s1. The van der Waals surface area contributed by atoms with Crippen LogP contribution in [-0.4, -0.2) is 95.0 Å². The summed E-state index contributed by atoms with van der Waals surface area (Å²) in [5.74, 6) is -1.06. The molecule has 4 N–H and O–H groups in total. The van der Waals surface area contributed by atoms with E-state index in [1.165, 1.54) is 20.0 Å². The van der Waals surface area contributed by atoms with Gasteiger partial charge in [0.25, 0.3) is 0 Å². The number of nitrogens with two attached hydrogens (primary N) is 1. The Morgan fingerprint density at radius 2 is 1.26 bits per heavy atom. The molecule has 7 fully saturated rings. The molecule has 0 aromatic carbocycles. The second kappa shape index (κ2) is 25.5. The molecule has 1 aromatic heterocycles. The largest absolute Gasteiger partial charge is 1.00 e. The first-order valence-corrected chi connectivity index (χ1v) is 17.6. The van der Waals surface area contributed by atoms with Gasteiger partial charge in [0.15, 0.2) is 0 Å². The van der Waals surface area contributed by atoms with Gasteiger partial charge in [-0.15, -0.1) is 0 Å². The second-order valence-corrected chi connectivity index (χ2v) is 13.8. The number of allylic oxidation sites excluding steroid dienone is 1. The number of halogens is 2. The first kappa shape index (κ1) is 51.4.